The SMILES string of the molecule is CCCCSc1n[n+]2c(c(=O)[nH]1)-c1ccccc1N(C(C)=O)C2c1ccc(Cl)cc1Cl. The Bertz CT molecular complexity index is 1210. The van der Waals surface area contributed by atoms with Crippen molar-refractivity contribution in [1.82, 2.24) is 10.1 Å². The van der Waals surface area contributed by atoms with Crippen molar-refractivity contribution in [2.45, 2.75) is 38.0 Å². The van der Waals surface area contributed by atoms with Gasteiger partial charge in [-0.3, -0.25) is 14.6 Å². The number of unbranched alkanes of at least 4 members (excludes halogenated alkanes) is 1. The Balaban J connectivity index is 2.00. The molecule has 0 bridgehead atoms. The molecular formula is C22H21Cl2N4O2S+. The van der Waals surface area contributed by atoms with E-state index in [4.69, 9.17) is 28.3 Å². The van der Waals surface area contributed by atoms with E-state index in [1.165, 1.54) is 18.7 Å². The first kappa shape index (κ1) is 21.9. The Hall–Kier alpha value is -2.35. The minimum absolute atomic E-state index is 0.191. The maximum atomic E-state index is 13.2. The predicted octanol–water partition coefficient (Wildman–Crippen LogP) is 4.84. The number of para-hydroxylation sites is 1. The van der Waals surface area contributed by atoms with Crippen LogP contribution in [0.5, 0.6) is 0 Å². The number of H-pyrrole nitrogens is 1. The van der Waals surface area contributed by atoms with Crippen LogP contribution >= 0.6 is 35.0 Å². The van der Waals surface area contributed by atoms with Crippen molar-refractivity contribution >= 4 is 46.6 Å². The van der Waals surface area contributed by atoms with Gasteiger partial charge in [-0.15, -0.1) is 0 Å². The maximum Gasteiger partial charge on any atom is 0.325 e. The summed E-state index contributed by atoms with van der Waals surface area (Å²) in [5.41, 5.74) is 2.01. The van der Waals surface area contributed by atoms with E-state index in [9.17, 15) is 9.59 Å². The van der Waals surface area contributed by atoms with Gasteiger partial charge >= 0.3 is 11.3 Å². The fraction of sp³-hybridized carbons (Fsp3) is 0.273. The van der Waals surface area contributed by atoms with Crippen LogP contribution in [0.2, 0.25) is 10.0 Å². The molecule has 4 rings (SSSR count). The van der Waals surface area contributed by atoms with Gasteiger partial charge in [-0.25, -0.2) is 4.90 Å². The normalized spacial score (nSPS) is 14.8. The summed E-state index contributed by atoms with van der Waals surface area (Å²) in [5.74, 6) is 0.641. The smallest absolute Gasteiger partial charge is 0.291 e. The standard InChI is InChI=1S/C22H20Cl2N4O2S/c1-3-4-11-31-22-25-20(30)19-16-7-5-6-8-18(16)27(13(2)29)21(28(19)26-22)15-10-9-14(23)12-17(15)24/h5-10,12,21H,3-4,11H2,1-2H3/p+1. The topological polar surface area (TPSA) is 69.9 Å². The van der Waals surface area contributed by atoms with Crippen LogP contribution in [0.15, 0.2) is 52.4 Å². The van der Waals surface area contributed by atoms with E-state index in [2.05, 4.69) is 11.9 Å². The van der Waals surface area contributed by atoms with Gasteiger partial charge in [0.15, 0.2) is 0 Å². The number of nitrogens with zero attached hydrogens (tertiary/aromatic N) is 3. The average molecular weight is 476 g/mol. The van der Waals surface area contributed by atoms with Crippen LogP contribution in [0.4, 0.5) is 5.69 Å². The van der Waals surface area contributed by atoms with Gasteiger partial charge in [-0.1, -0.05) is 60.4 Å². The summed E-state index contributed by atoms with van der Waals surface area (Å²) in [4.78, 5) is 30.5. The minimum Gasteiger partial charge on any atom is -0.291 e. The number of carbonyl (C=O) groups is 1. The van der Waals surface area contributed by atoms with Gasteiger partial charge in [0.2, 0.25) is 11.1 Å². The molecule has 31 heavy (non-hydrogen) atoms. The van der Waals surface area contributed by atoms with E-state index >= 15 is 0 Å². The number of carbonyl (C=O) groups excluding carboxylic acids is 1. The van der Waals surface area contributed by atoms with E-state index in [1.54, 1.807) is 27.8 Å². The second-order valence-electron chi connectivity index (χ2n) is 7.20. The molecule has 0 spiro atoms. The molecule has 1 atom stereocenters. The molecule has 6 nitrogen and oxygen atoms in total. The van der Waals surface area contributed by atoms with E-state index in [1.807, 2.05) is 24.3 Å². The number of halogens is 2. The van der Waals surface area contributed by atoms with Gasteiger partial charge in [0.25, 0.3) is 6.17 Å². The second-order valence-corrected chi connectivity index (χ2v) is 9.13. The summed E-state index contributed by atoms with van der Waals surface area (Å²) >= 11 is 14.1. The molecule has 1 aliphatic rings. The number of amides is 1. The third-order valence-corrected chi connectivity index (χ3v) is 6.59. The van der Waals surface area contributed by atoms with Crippen LogP contribution in [-0.4, -0.2) is 21.7 Å². The highest BCUT2D eigenvalue weighted by atomic mass is 35.5. The van der Waals surface area contributed by atoms with Gasteiger partial charge in [0.05, 0.1) is 21.8 Å². The number of benzene rings is 2. The molecule has 0 aliphatic carbocycles. The number of thioether (sulfide) groups is 1. The van der Waals surface area contributed by atoms with Crippen LogP contribution in [0.25, 0.3) is 11.3 Å². The van der Waals surface area contributed by atoms with Crippen molar-refractivity contribution < 1.29 is 9.48 Å². The number of hydrogen-bond acceptors (Lipinski definition) is 4. The lowest BCUT2D eigenvalue weighted by Gasteiger charge is -2.31. The Morgan fingerprint density at radius 2 is 2.03 bits per heavy atom. The molecule has 1 aromatic heterocycles. The zero-order valence-corrected chi connectivity index (χ0v) is 19.4. The molecule has 0 saturated heterocycles. The summed E-state index contributed by atoms with van der Waals surface area (Å²) in [6.45, 7) is 3.60. The van der Waals surface area contributed by atoms with E-state index in [-0.39, 0.29) is 11.5 Å². The zero-order valence-electron chi connectivity index (χ0n) is 17.1. The summed E-state index contributed by atoms with van der Waals surface area (Å²) in [6.07, 6.45) is 1.33. The van der Waals surface area contributed by atoms with Gasteiger partial charge in [0, 0.05) is 22.8 Å². The number of aromatic nitrogens is 3. The Labute approximate surface area is 194 Å². The average Bonchev–Trinajstić information content (AvgIpc) is 2.73. The lowest BCUT2D eigenvalue weighted by Crippen LogP contribution is -2.60. The van der Waals surface area contributed by atoms with E-state index < -0.39 is 6.17 Å². The molecule has 0 fully saturated rings. The minimum atomic E-state index is -0.722. The molecule has 1 N–H and O–H groups in total. The molecule has 1 aliphatic heterocycles. The molecule has 1 amide bonds. The van der Waals surface area contributed by atoms with Gasteiger partial charge in [-0.05, 0) is 41.4 Å². The molecule has 160 valence electrons. The van der Waals surface area contributed by atoms with Crippen LogP contribution < -0.4 is 15.1 Å². The number of rotatable bonds is 5. The van der Waals surface area contributed by atoms with Gasteiger partial charge in [0.1, 0.15) is 0 Å². The summed E-state index contributed by atoms with van der Waals surface area (Å²) < 4.78 is 1.60. The van der Waals surface area contributed by atoms with Crippen LogP contribution in [0.3, 0.4) is 0 Å². The number of hydrogen-bond donors (Lipinski definition) is 1. The van der Waals surface area contributed by atoms with Crippen molar-refractivity contribution in [3.63, 3.8) is 0 Å². The molecule has 2 heterocycles. The highest BCUT2D eigenvalue weighted by molar-refractivity contribution is 7.99. The number of fused-ring (bicyclic) bond motifs is 3. The van der Waals surface area contributed by atoms with Gasteiger partial charge in [-0.2, -0.15) is 0 Å². The first-order valence-electron chi connectivity index (χ1n) is 9.95. The van der Waals surface area contributed by atoms with Crippen molar-refractivity contribution in [2.75, 3.05) is 10.7 Å². The fourth-order valence-electron chi connectivity index (χ4n) is 3.68. The Morgan fingerprint density at radius 3 is 2.74 bits per heavy atom. The fourth-order valence-corrected chi connectivity index (χ4v) is 5.13. The molecular weight excluding hydrogens is 455 g/mol. The molecule has 1 unspecified atom stereocenters. The summed E-state index contributed by atoms with van der Waals surface area (Å²) in [7, 11) is 0. The first-order chi connectivity index (χ1) is 14.9. The molecule has 0 saturated carbocycles. The predicted molar refractivity (Wildman–Crippen MR) is 124 cm³/mol. The summed E-state index contributed by atoms with van der Waals surface area (Å²) in [5, 5.41) is 6.12. The second kappa shape index (κ2) is 9.02. The van der Waals surface area contributed by atoms with Crippen LogP contribution in [0, 0.1) is 0 Å². The van der Waals surface area contributed by atoms with Gasteiger partial charge < -0.3 is 0 Å². The van der Waals surface area contributed by atoms with Crippen LogP contribution in [0.1, 0.15) is 38.4 Å². The number of anilines is 1. The Morgan fingerprint density at radius 1 is 1.26 bits per heavy atom. The number of nitrogens with one attached hydrogen (secondary N) is 1. The largest absolute Gasteiger partial charge is 0.325 e. The number of aromatic amines is 1. The third-order valence-electron chi connectivity index (χ3n) is 5.07. The highest BCUT2D eigenvalue weighted by Crippen LogP contribution is 2.39. The Kier molecular flexibility index (Phi) is 6.36. The quantitative estimate of drug-likeness (QED) is 0.325. The zero-order chi connectivity index (χ0) is 22.1. The highest BCUT2D eigenvalue weighted by Gasteiger charge is 2.45. The van der Waals surface area contributed by atoms with Crippen molar-refractivity contribution in [1.29, 1.82) is 0 Å². The summed E-state index contributed by atoms with van der Waals surface area (Å²) in [6, 6.07) is 12.4. The van der Waals surface area contributed by atoms with E-state index in [0.29, 0.717) is 37.7 Å². The molecule has 2 aromatic carbocycles. The molecule has 0 radical (unpaired) electrons. The van der Waals surface area contributed by atoms with Crippen molar-refractivity contribution in [3.8, 4) is 11.3 Å². The molecule has 9 heteroatoms. The van der Waals surface area contributed by atoms with Crippen molar-refractivity contribution in [2.24, 2.45) is 0 Å². The lowest BCUT2D eigenvalue weighted by molar-refractivity contribution is -0.763. The third kappa shape index (κ3) is 4.10. The lowest BCUT2D eigenvalue weighted by atomic mass is 10.0. The van der Waals surface area contributed by atoms with Crippen LogP contribution in [-0.2, 0) is 4.79 Å². The monoisotopic (exact) mass is 475 g/mol. The maximum absolute atomic E-state index is 13.2. The molecule has 3 aromatic rings. The van der Waals surface area contributed by atoms with E-state index in [0.717, 1.165) is 18.6 Å². The van der Waals surface area contributed by atoms with Crippen molar-refractivity contribution in [3.05, 3.63) is 68.4 Å². The first-order valence-corrected chi connectivity index (χ1v) is 11.7.